The molecule has 2 aromatic rings. The van der Waals surface area contributed by atoms with Gasteiger partial charge in [-0.3, -0.25) is 4.68 Å². The van der Waals surface area contributed by atoms with Crippen molar-refractivity contribution >= 4 is 0 Å². The van der Waals surface area contributed by atoms with E-state index < -0.39 is 0 Å². The van der Waals surface area contributed by atoms with Gasteiger partial charge in [0.2, 0.25) is 0 Å². The van der Waals surface area contributed by atoms with Crippen molar-refractivity contribution in [3.8, 4) is 0 Å². The first-order chi connectivity index (χ1) is 7.65. The minimum Gasteiger partial charge on any atom is -0.255 e. The molecule has 1 heterocycles. The molecule has 0 aliphatic carbocycles. The molecule has 0 saturated carbocycles. The monoisotopic (exact) mass is 219 g/mol. The summed E-state index contributed by atoms with van der Waals surface area (Å²) in [5.74, 6) is -0.150. The van der Waals surface area contributed by atoms with Crippen LogP contribution in [0.5, 0.6) is 0 Å². The Kier molecular flexibility index (Phi) is 2.99. The van der Waals surface area contributed by atoms with E-state index in [-0.39, 0.29) is 5.82 Å². The fourth-order valence-electron chi connectivity index (χ4n) is 1.64. The zero-order valence-electron chi connectivity index (χ0n) is 9.44. The highest BCUT2D eigenvalue weighted by molar-refractivity contribution is 5.24. The van der Waals surface area contributed by atoms with Gasteiger partial charge < -0.3 is 0 Å². The van der Waals surface area contributed by atoms with Crippen molar-refractivity contribution in [1.29, 1.82) is 0 Å². The van der Waals surface area contributed by atoms with Crippen LogP contribution < -0.4 is 0 Å². The Bertz CT molecular complexity index is 491. The zero-order chi connectivity index (χ0) is 11.5. The van der Waals surface area contributed by atoms with Crippen molar-refractivity contribution < 1.29 is 4.39 Å². The number of aromatic nitrogens is 3. The number of aryl methyl sites for hydroxylation is 4. The molecule has 0 bridgehead atoms. The Balaban J connectivity index is 2.02. The van der Waals surface area contributed by atoms with Gasteiger partial charge in [-0.15, -0.1) is 5.10 Å². The topological polar surface area (TPSA) is 30.7 Å². The standard InChI is InChI=1S/C12H14FN3/c1-9-7-10(4-6-12(9)13)3-5-11-8-16(2)15-14-11/h4,6-8H,3,5H2,1-2H3. The molecule has 1 aromatic carbocycles. The second-order valence-electron chi connectivity index (χ2n) is 3.97. The Morgan fingerprint density at radius 3 is 2.75 bits per heavy atom. The molecule has 0 aliphatic rings. The van der Waals surface area contributed by atoms with Crippen LogP contribution in [-0.2, 0) is 19.9 Å². The predicted octanol–water partition coefficient (Wildman–Crippen LogP) is 2.05. The molecule has 0 fully saturated rings. The summed E-state index contributed by atoms with van der Waals surface area (Å²) < 4.78 is 14.7. The number of rotatable bonds is 3. The van der Waals surface area contributed by atoms with Gasteiger partial charge in [0.15, 0.2) is 0 Å². The van der Waals surface area contributed by atoms with E-state index in [1.807, 2.05) is 25.4 Å². The molecule has 0 amide bonds. The van der Waals surface area contributed by atoms with Crippen LogP contribution in [0.3, 0.4) is 0 Å². The lowest BCUT2D eigenvalue weighted by Crippen LogP contribution is -1.93. The molecule has 1 aromatic heterocycles. The maximum absolute atomic E-state index is 13.0. The molecule has 0 saturated heterocycles. The molecule has 4 heteroatoms. The van der Waals surface area contributed by atoms with Gasteiger partial charge in [0.25, 0.3) is 0 Å². The van der Waals surface area contributed by atoms with Crippen molar-refractivity contribution in [1.82, 2.24) is 15.0 Å². The molecule has 0 N–H and O–H groups in total. The molecule has 16 heavy (non-hydrogen) atoms. The van der Waals surface area contributed by atoms with E-state index in [1.54, 1.807) is 11.6 Å². The fourth-order valence-corrected chi connectivity index (χ4v) is 1.64. The van der Waals surface area contributed by atoms with Gasteiger partial charge in [0.1, 0.15) is 5.82 Å². The first-order valence-electron chi connectivity index (χ1n) is 5.25. The summed E-state index contributed by atoms with van der Waals surface area (Å²) in [5.41, 5.74) is 2.78. The summed E-state index contributed by atoms with van der Waals surface area (Å²) >= 11 is 0. The van der Waals surface area contributed by atoms with Crippen LogP contribution in [0.4, 0.5) is 4.39 Å². The van der Waals surface area contributed by atoms with Gasteiger partial charge >= 0.3 is 0 Å². The van der Waals surface area contributed by atoms with E-state index in [9.17, 15) is 4.39 Å². The Morgan fingerprint density at radius 2 is 2.12 bits per heavy atom. The molecular weight excluding hydrogens is 205 g/mol. The zero-order valence-corrected chi connectivity index (χ0v) is 9.44. The lowest BCUT2D eigenvalue weighted by atomic mass is 10.1. The smallest absolute Gasteiger partial charge is 0.126 e. The first-order valence-corrected chi connectivity index (χ1v) is 5.25. The van der Waals surface area contributed by atoms with E-state index in [1.165, 1.54) is 6.07 Å². The summed E-state index contributed by atoms with van der Waals surface area (Å²) in [6, 6.07) is 5.21. The van der Waals surface area contributed by atoms with E-state index in [4.69, 9.17) is 0 Å². The summed E-state index contributed by atoms with van der Waals surface area (Å²) in [6.07, 6.45) is 3.59. The van der Waals surface area contributed by atoms with Gasteiger partial charge in [-0.05, 0) is 37.0 Å². The van der Waals surface area contributed by atoms with Crippen LogP contribution in [0.15, 0.2) is 24.4 Å². The van der Waals surface area contributed by atoms with Gasteiger partial charge in [-0.2, -0.15) is 0 Å². The molecule has 0 spiro atoms. The van der Waals surface area contributed by atoms with Crippen LogP contribution in [0.2, 0.25) is 0 Å². The molecule has 0 aliphatic heterocycles. The summed E-state index contributed by atoms with van der Waals surface area (Å²) in [4.78, 5) is 0. The predicted molar refractivity (Wildman–Crippen MR) is 59.5 cm³/mol. The van der Waals surface area contributed by atoms with E-state index >= 15 is 0 Å². The largest absolute Gasteiger partial charge is 0.255 e. The molecule has 0 radical (unpaired) electrons. The summed E-state index contributed by atoms with van der Waals surface area (Å²) in [7, 11) is 1.85. The highest BCUT2D eigenvalue weighted by Crippen LogP contribution is 2.11. The molecule has 0 atom stereocenters. The van der Waals surface area contributed by atoms with Crippen molar-refractivity contribution in [2.45, 2.75) is 19.8 Å². The van der Waals surface area contributed by atoms with Crippen LogP contribution in [0, 0.1) is 12.7 Å². The highest BCUT2D eigenvalue weighted by atomic mass is 19.1. The third kappa shape index (κ3) is 2.45. The quantitative estimate of drug-likeness (QED) is 0.791. The Labute approximate surface area is 93.9 Å². The van der Waals surface area contributed by atoms with Crippen LogP contribution in [0.1, 0.15) is 16.8 Å². The molecular formula is C12H14FN3. The fraction of sp³-hybridized carbons (Fsp3) is 0.333. The normalized spacial score (nSPS) is 10.7. The number of hydrogen-bond acceptors (Lipinski definition) is 2. The van der Waals surface area contributed by atoms with E-state index in [0.29, 0.717) is 5.56 Å². The van der Waals surface area contributed by atoms with Gasteiger partial charge in [-0.25, -0.2) is 4.39 Å². The second-order valence-corrected chi connectivity index (χ2v) is 3.97. The van der Waals surface area contributed by atoms with Crippen molar-refractivity contribution in [3.63, 3.8) is 0 Å². The average Bonchev–Trinajstić information content (AvgIpc) is 2.66. The van der Waals surface area contributed by atoms with Gasteiger partial charge in [0.05, 0.1) is 5.69 Å². The Hall–Kier alpha value is -1.71. The van der Waals surface area contributed by atoms with Crippen LogP contribution in [-0.4, -0.2) is 15.0 Å². The maximum atomic E-state index is 13.0. The van der Waals surface area contributed by atoms with Gasteiger partial charge in [-0.1, -0.05) is 17.3 Å². The molecule has 0 unspecified atom stereocenters. The average molecular weight is 219 g/mol. The third-order valence-corrected chi connectivity index (χ3v) is 2.54. The maximum Gasteiger partial charge on any atom is 0.126 e. The van der Waals surface area contributed by atoms with E-state index in [0.717, 1.165) is 24.1 Å². The van der Waals surface area contributed by atoms with Crippen molar-refractivity contribution in [2.24, 2.45) is 7.05 Å². The van der Waals surface area contributed by atoms with Crippen LogP contribution >= 0.6 is 0 Å². The highest BCUT2D eigenvalue weighted by Gasteiger charge is 2.02. The third-order valence-electron chi connectivity index (χ3n) is 2.54. The number of halogens is 1. The lowest BCUT2D eigenvalue weighted by molar-refractivity contribution is 0.617. The number of hydrogen-bond donors (Lipinski definition) is 0. The molecule has 84 valence electrons. The molecule has 2 rings (SSSR count). The summed E-state index contributed by atoms with van der Waals surface area (Å²) in [5, 5.41) is 7.88. The molecule has 3 nitrogen and oxygen atoms in total. The first kappa shape index (κ1) is 10.8. The van der Waals surface area contributed by atoms with Crippen molar-refractivity contribution in [2.75, 3.05) is 0 Å². The SMILES string of the molecule is Cc1cc(CCc2cn(C)nn2)ccc1F. The Morgan fingerprint density at radius 1 is 1.31 bits per heavy atom. The minimum absolute atomic E-state index is 0.150. The number of benzene rings is 1. The van der Waals surface area contributed by atoms with Crippen LogP contribution in [0.25, 0.3) is 0 Å². The summed E-state index contributed by atoms with van der Waals surface area (Å²) in [6.45, 7) is 1.78. The second kappa shape index (κ2) is 4.43. The lowest BCUT2D eigenvalue weighted by Gasteiger charge is -2.01. The van der Waals surface area contributed by atoms with Crippen molar-refractivity contribution in [3.05, 3.63) is 47.0 Å². The minimum atomic E-state index is -0.150. The van der Waals surface area contributed by atoms with Gasteiger partial charge in [0, 0.05) is 13.2 Å². The van der Waals surface area contributed by atoms with E-state index in [2.05, 4.69) is 10.3 Å². The number of nitrogens with zero attached hydrogens (tertiary/aromatic N) is 3.